The lowest BCUT2D eigenvalue weighted by atomic mass is 9.89. The maximum absolute atomic E-state index is 12.5. The molecule has 0 amide bonds. The van der Waals surface area contributed by atoms with E-state index in [1.807, 2.05) is 16.8 Å². The Morgan fingerprint density at radius 2 is 2.03 bits per heavy atom. The molecule has 1 fully saturated rings. The van der Waals surface area contributed by atoms with Crippen molar-refractivity contribution in [3.05, 3.63) is 42.3 Å². The number of ether oxygens (including phenoxy) is 1. The maximum Gasteiger partial charge on any atom is 0.281 e. The standard InChI is InChI=1S/C24H32N8O3SSi/c1-26-21-14-27-23-20(7-10-30(23)18-35-11-12-37(4,5)6)22(21)19-13-28-32(15-19)24(8-9-25)16-31(17-24)36(33,34)29(2)3/h7,10,13-15H,8,11-12,16-18H2,2-6H3. The molecule has 11 nitrogen and oxygen atoms in total. The van der Waals surface area contributed by atoms with Crippen molar-refractivity contribution in [3.8, 4) is 17.2 Å². The first-order chi connectivity index (χ1) is 17.4. The van der Waals surface area contributed by atoms with Crippen LogP contribution < -0.4 is 0 Å². The van der Waals surface area contributed by atoms with Gasteiger partial charge >= 0.3 is 0 Å². The molecule has 13 heteroatoms. The average molecular weight is 541 g/mol. The van der Waals surface area contributed by atoms with Crippen molar-refractivity contribution in [1.29, 1.82) is 5.26 Å². The van der Waals surface area contributed by atoms with Crippen LogP contribution in [0.3, 0.4) is 0 Å². The smallest absolute Gasteiger partial charge is 0.281 e. The highest BCUT2D eigenvalue weighted by atomic mass is 32.2. The van der Waals surface area contributed by atoms with Gasteiger partial charge in [0.25, 0.3) is 10.2 Å². The summed E-state index contributed by atoms with van der Waals surface area (Å²) in [4.78, 5) is 8.20. The van der Waals surface area contributed by atoms with Crippen LogP contribution in [-0.2, 0) is 27.2 Å². The van der Waals surface area contributed by atoms with E-state index in [1.54, 1.807) is 23.3 Å². The summed E-state index contributed by atoms with van der Waals surface area (Å²) in [5.41, 5.74) is 1.75. The van der Waals surface area contributed by atoms with Crippen molar-refractivity contribution in [2.45, 2.75) is 44.4 Å². The topological polar surface area (TPSA) is 114 Å². The van der Waals surface area contributed by atoms with Gasteiger partial charge in [-0.2, -0.15) is 27.4 Å². The van der Waals surface area contributed by atoms with Crippen molar-refractivity contribution in [1.82, 2.24) is 27.9 Å². The van der Waals surface area contributed by atoms with E-state index in [-0.39, 0.29) is 19.5 Å². The Morgan fingerprint density at radius 1 is 1.30 bits per heavy atom. The Morgan fingerprint density at radius 3 is 2.65 bits per heavy atom. The number of pyridine rings is 1. The molecule has 37 heavy (non-hydrogen) atoms. The first kappa shape index (κ1) is 27.0. The van der Waals surface area contributed by atoms with Crippen LogP contribution in [-0.4, -0.2) is 78.2 Å². The normalized spacial score (nSPS) is 16.0. The average Bonchev–Trinajstić information content (AvgIpc) is 3.45. The Bertz CT molecular complexity index is 1480. The lowest BCUT2D eigenvalue weighted by molar-refractivity contribution is 0.0675. The second-order valence-electron chi connectivity index (χ2n) is 10.8. The van der Waals surface area contributed by atoms with E-state index in [4.69, 9.17) is 11.3 Å². The quantitative estimate of drug-likeness (QED) is 0.221. The van der Waals surface area contributed by atoms with Crippen LogP contribution in [0.2, 0.25) is 25.7 Å². The van der Waals surface area contributed by atoms with E-state index in [2.05, 4.69) is 40.6 Å². The molecule has 0 saturated carbocycles. The summed E-state index contributed by atoms with van der Waals surface area (Å²) in [6.45, 7) is 16.0. The number of nitriles is 1. The van der Waals surface area contributed by atoms with Crippen molar-refractivity contribution >= 4 is 35.0 Å². The van der Waals surface area contributed by atoms with E-state index >= 15 is 0 Å². The zero-order chi connectivity index (χ0) is 27.0. The van der Waals surface area contributed by atoms with E-state index in [0.717, 1.165) is 15.7 Å². The van der Waals surface area contributed by atoms with Crippen LogP contribution in [0.1, 0.15) is 6.42 Å². The number of hydrogen-bond acceptors (Lipinski definition) is 6. The predicted octanol–water partition coefficient (Wildman–Crippen LogP) is 3.49. The molecule has 3 aromatic rings. The molecule has 0 spiro atoms. The molecule has 196 valence electrons. The van der Waals surface area contributed by atoms with Crippen molar-refractivity contribution in [3.63, 3.8) is 0 Å². The maximum atomic E-state index is 12.5. The zero-order valence-electron chi connectivity index (χ0n) is 21.8. The van der Waals surface area contributed by atoms with Gasteiger partial charge in [0.05, 0.1) is 25.3 Å². The summed E-state index contributed by atoms with van der Waals surface area (Å²) in [5, 5.41) is 14.8. The summed E-state index contributed by atoms with van der Waals surface area (Å²) in [5.74, 6) is 0. The molecule has 1 saturated heterocycles. The van der Waals surface area contributed by atoms with Crippen LogP contribution in [0.4, 0.5) is 5.69 Å². The fourth-order valence-electron chi connectivity index (χ4n) is 4.36. The predicted molar refractivity (Wildman–Crippen MR) is 144 cm³/mol. The lowest BCUT2D eigenvalue weighted by Crippen LogP contribution is -2.65. The Labute approximate surface area is 218 Å². The third-order valence-corrected chi connectivity index (χ3v) is 10.1. The highest BCUT2D eigenvalue weighted by Crippen LogP contribution is 2.39. The van der Waals surface area contributed by atoms with Gasteiger partial charge in [-0.3, -0.25) is 4.68 Å². The van der Waals surface area contributed by atoms with Gasteiger partial charge in [0.15, 0.2) is 0 Å². The Kier molecular flexibility index (Phi) is 7.29. The van der Waals surface area contributed by atoms with Gasteiger partial charge in [-0.15, -0.1) is 0 Å². The minimum Gasteiger partial charge on any atom is -0.361 e. The van der Waals surface area contributed by atoms with Gasteiger partial charge in [0, 0.05) is 77.0 Å². The molecule has 4 rings (SSSR count). The summed E-state index contributed by atoms with van der Waals surface area (Å²) in [6.07, 6.45) is 7.02. The molecule has 0 aliphatic carbocycles. The Hall–Kier alpha value is -3.07. The summed E-state index contributed by atoms with van der Waals surface area (Å²) < 4.78 is 37.1. The second-order valence-corrected chi connectivity index (χ2v) is 18.6. The van der Waals surface area contributed by atoms with Crippen molar-refractivity contribution in [2.24, 2.45) is 0 Å². The monoisotopic (exact) mass is 540 g/mol. The van der Waals surface area contributed by atoms with E-state index in [9.17, 15) is 13.7 Å². The summed E-state index contributed by atoms with van der Waals surface area (Å²) in [6, 6.07) is 5.17. The third kappa shape index (κ3) is 5.19. The number of aromatic nitrogens is 4. The molecule has 0 unspecified atom stereocenters. The largest absolute Gasteiger partial charge is 0.361 e. The zero-order valence-corrected chi connectivity index (χ0v) is 23.7. The number of fused-ring (bicyclic) bond motifs is 1. The number of nitrogens with zero attached hydrogens (tertiary/aromatic N) is 8. The lowest BCUT2D eigenvalue weighted by Gasteiger charge is -2.48. The molecule has 0 atom stereocenters. The van der Waals surface area contributed by atoms with Crippen LogP contribution in [0.15, 0.2) is 30.9 Å². The molecule has 0 aromatic carbocycles. The minimum absolute atomic E-state index is 0.111. The molecule has 3 aromatic heterocycles. The molecule has 1 aliphatic rings. The van der Waals surface area contributed by atoms with Gasteiger partial charge in [-0.1, -0.05) is 19.6 Å². The fraction of sp³-hybridized carbons (Fsp3) is 0.500. The van der Waals surface area contributed by atoms with Crippen LogP contribution in [0, 0.1) is 17.9 Å². The van der Waals surface area contributed by atoms with Crippen LogP contribution in [0.25, 0.3) is 27.0 Å². The number of hydrogen-bond donors (Lipinski definition) is 0. The fourth-order valence-corrected chi connectivity index (χ4v) is 6.39. The molecule has 4 heterocycles. The number of rotatable bonds is 10. The minimum atomic E-state index is -3.58. The second kappa shape index (κ2) is 10.0. The molecule has 0 bridgehead atoms. The van der Waals surface area contributed by atoms with E-state index in [1.165, 1.54) is 18.4 Å². The molecular formula is C24H32N8O3SSi. The van der Waals surface area contributed by atoms with Gasteiger partial charge in [-0.25, -0.2) is 9.83 Å². The van der Waals surface area contributed by atoms with E-state index < -0.39 is 23.8 Å². The van der Waals surface area contributed by atoms with Gasteiger partial charge < -0.3 is 9.30 Å². The highest BCUT2D eigenvalue weighted by molar-refractivity contribution is 7.86. The summed E-state index contributed by atoms with van der Waals surface area (Å²) in [7, 11) is -1.81. The van der Waals surface area contributed by atoms with E-state index in [0.29, 0.717) is 35.8 Å². The molecule has 0 radical (unpaired) electrons. The summed E-state index contributed by atoms with van der Waals surface area (Å²) >= 11 is 0. The molecule has 1 aliphatic heterocycles. The molecular weight excluding hydrogens is 508 g/mol. The molecule has 0 N–H and O–H groups in total. The SMILES string of the molecule is [C-]#[N+]c1cnc2c(ccn2COCC[Si](C)(C)C)c1-c1cnn(C2(CC#N)CN(S(=O)(=O)N(C)C)C2)c1. The van der Waals surface area contributed by atoms with Gasteiger partial charge in [-0.05, 0) is 12.1 Å². The highest BCUT2D eigenvalue weighted by Gasteiger charge is 2.50. The van der Waals surface area contributed by atoms with Crippen molar-refractivity contribution < 1.29 is 13.2 Å². The third-order valence-electron chi connectivity index (χ3n) is 6.61. The van der Waals surface area contributed by atoms with Crippen molar-refractivity contribution in [2.75, 3.05) is 33.8 Å². The first-order valence-electron chi connectivity index (χ1n) is 11.9. The first-order valence-corrected chi connectivity index (χ1v) is 17.1. The van der Waals surface area contributed by atoms with Crippen LogP contribution in [0.5, 0.6) is 0 Å². The van der Waals surface area contributed by atoms with Crippen LogP contribution >= 0.6 is 0 Å². The van der Waals surface area contributed by atoms with Gasteiger partial charge in [0.2, 0.25) is 5.69 Å². The Balaban J connectivity index is 1.64. The van der Waals surface area contributed by atoms with Gasteiger partial charge in [0.1, 0.15) is 17.9 Å².